The van der Waals surface area contributed by atoms with Gasteiger partial charge in [-0.05, 0) is 70.3 Å². The second-order valence-electron chi connectivity index (χ2n) is 18.7. The number of aromatic nitrogens is 4. The van der Waals surface area contributed by atoms with Crippen LogP contribution in [0.15, 0.2) is 242 Å². The van der Waals surface area contributed by atoms with Crippen LogP contribution in [0.2, 0.25) is 0 Å². The molecule has 0 atom stereocenters. The Morgan fingerprint density at radius 3 is 1.22 bits per heavy atom. The van der Waals surface area contributed by atoms with Crippen molar-refractivity contribution in [2.75, 3.05) is 0 Å². The number of hydrogen-bond donors (Lipinski definition) is 0. The Hall–Kier alpha value is -10.7. The quantitative estimate of drug-likeness (QED) is 0.172. The summed E-state index contributed by atoms with van der Waals surface area (Å²) in [5.74, 6) is 0. The number of hydrogen-bond acceptors (Lipinski definition) is 3. The lowest BCUT2D eigenvalue weighted by Crippen LogP contribution is -2.16. The SMILES string of the molecule is [2H]c1c([2H])c([2H])c2c(c1[2H])c1c([2H])c([2H])c([2H])c([2H])c1n2-c1c(C#N)c(-n2c3c([2H])c([2H])c([2H])c([2H])c3c3c([2H])c([2H])c([2H])c([2H])c32)c(-n2c3cccc(-c4cccc5ccccc45)c3c3ccc4c5ccccc5sc4c32)c(C#N)c1-n1c2c([2H])c([2H])c([2H])c([2H])c2c2c([2H])c([2H])c([2H])c([2H])c21. The lowest BCUT2D eigenvalue weighted by molar-refractivity contribution is 1.03. The minimum absolute atomic E-state index is 0.196. The Balaban J connectivity index is 1.30. The zero-order valence-electron chi connectivity index (χ0n) is 64.3. The molecule has 12 aromatic carbocycles. The summed E-state index contributed by atoms with van der Waals surface area (Å²) >= 11 is 1.30. The summed E-state index contributed by atoms with van der Waals surface area (Å²) in [5.41, 5.74) is -7.06. The van der Waals surface area contributed by atoms with Crippen molar-refractivity contribution in [2.45, 2.75) is 0 Å². The summed E-state index contributed by atoms with van der Waals surface area (Å²) in [6.45, 7) is 0. The first-order valence-corrected chi connectivity index (χ1v) is 25.4. The average Bonchev–Trinajstić information content (AvgIpc) is 1.53. The molecule has 0 aliphatic rings. The van der Waals surface area contributed by atoms with Crippen molar-refractivity contribution in [3.05, 3.63) is 253 Å². The maximum absolute atomic E-state index is 13.3. The molecule has 0 bridgehead atoms. The molecule has 0 unspecified atom stereocenters. The molecule has 79 heavy (non-hydrogen) atoms. The molecule has 0 saturated carbocycles. The first-order chi connectivity index (χ1) is 49.2. The van der Waals surface area contributed by atoms with Crippen molar-refractivity contribution in [1.29, 1.82) is 10.5 Å². The van der Waals surface area contributed by atoms with E-state index in [1.54, 1.807) is 16.7 Å². The van der Waals surface area contributed by atoms with Crippen LogP contribution in [0.3, 0.4) is 0 Å². The molecule has 0 radical (unpaired) electrons. The molecule has 17 aromatic rings. The highest BCUT2D eigenvalue weighted by atomic mass is 32.1. The number of para-hydroxylation sites is 6. The molecule has 0 saturated heterocycles. The third-order valence-electron chi connectivity index (χ3n) is 15.0. The van der Waals surface area contributed by atoms with E-state index in [4.69, 9.17) is 5.48 Å². The summed E-state index contributed by atoms with van der Waals surface area (Å²) in [4.78, 5) is 0. The largest absolute Gasteiger partial charge is 0.306 e. The van der Waals surface area contributed by atoms with Crippen LogP contribution >= 0.6 is 11.3 Å². The Morgan fingerprint density at radius 2 is 0.722 bits per heavy atom. The van der Waals surface area contributed by atoms with E-state index in [0.29, 0.717) is 32.0 Å². The zero-order chi connectivity index (χ0) is 72.9. The second-order valence-corrected chi connectivity index (χ2v) is 19.8. The summed E-state index contributed by atoms with van der Waals surface area (Å²) in [7, 11) is 0. The normalized spacial score (nSPS) is 16.3. The van der Waals surface area contributed by atoms with Gasteiger partial charge in [0.25, 0.3) is 0 Å². The molecular weight excluding hydrogens is 981 g/mol. The van der Waals surface area contributed by atoms with Gasteiger partial charge in [-0.1, -0.05) is 194 Å². The molecule has 5 heterocycles. The maximum Gasteiger partial charge on any atom is 0.104 e. The molecular formula is C72H40N6S. The highest BCUT2D eigenvalue weighted by Crippen LogP contribution is 2.52. The molecule has 0 aliphatic carbocycles. The fraction of sp³-hybridized carbons (Fsp3) is 0. The average molecular weight is 1050 g/mol. The van der Waals surface area contributed by atoms with Gasteiger partial charge in [0.05, 0.1) is 104 Å². The molecule has 0 aliphatic heterocycles. The monoisotopic (exact) mass is 1040 g/mol. The Bertz CT molecular complexity index is 6850. The molecule has 7 heteroatoms. The summed E-state index contributed by atoms with van der Waals surface area (Å²) in [6, 6.07) is 12.4. The van der Waals surface area contributed by atoms with Crippen molar-refractivity contribution in [3.63, 3.8) is 0 Å². The zero-order valence-corrected chi connectivity index (χ0v) is 41.1. The van der Waals surface area contributed by atoms with Crippen LogP contribution in [0.25, 0.3) is 152 Å². The first kappa shape index (κ1) is 26.4. The molecule has 5 aromatic heterocycles. The molecule has 0 amide bonds. The van der Waals surface area contributed by atoms with E-state index in [1.807, 2.05) is 84.9 Å². The van der Waals surface area contributed by atoms with Crippen molar-refractivity contribution in [1.82, 2.24) is 18.3 Å². The van der Waals surface area contributed by atoms with Gasteiger partial charge >= 0.3 is 0 Å². The standard InChI is InChI=1S/C72H40N6S/c73-41-56-67(75-58-31-10-3-22-46(58)47-23-4-11-32-59(47)75)68(76-60-33-12-5-24-48(60)49-25-6-13-34-61(49)76)57(42-74)70(69(56)77-62-35-14-7-26-50(62)51-27-8-15-36-63(51)77)78-64-37-18-30-53(45-29-17-20-43-19-1-2-21-44(43)45)66(64)55-40-39-54-52-28-9-16-38-65(52)79-72(54)71(55)78/h1-40H/i3D,4D,5D,6D,7D,8D,10D,11D,12D,13D,14D,15D,22D,23D,24D,25D,26D,27D,31D,32D,33D,34D,35D,36D. The van der Waals surface area contributed by atoms with E-state index < -0.39 is 244 Å². The van der Waals surface area contributed by atoms with Crippen LogP contribution in [0, 0.1) is 22.7 Å². The van der Waals surface area contributed by atoms with Crippen LogP contribution in [0.4, 0.5) is 0 Å². The molecule has 364 valence electrons. The number of rotatable bonds is 5. The topological polar surface area (TPSA) is 67.3 Å². The van der Waals surface area contributed by atoms with E-state index in [2.05, 4.69) is 12.1 Å². The Kier molecular flexibility index (Phi) is 5.48. The van der Waals surface area contributed by atoms with Crippen LogP contribution < -0.4 is 0 Å². The lowest BCUT2D eigenvalue weighted by atomic mass is 9.94. The summed E-state index contributed by atoms with van der Waals surface area (Å²) < 4.78 is 235. The van der Waals surface area contributed by atoms with Crippen LogP contribution in [0.1, 0.15) is 44.0 Å². The summed E-state index contributed by atoms with van der Waals surface area (Å²) in [6.07, 6.45) is 0. The molecule has 0 N–H and O–H groups in total. The first-order valence-electron chi connectivity index (χ1n) is 36.6. The highest BCUT2D eigenvalue weighted by Gasteiger charge is 2.35. The van der Waals surface area contributed by atoms with Gasteiger partial charge in [0.15, 0.2) is 0 Å². The van der Waals surface area contributed by atoms with Gasteiger partial charge in [0, 0.05) is 58.6 Å². The number of nitriles is 2. The molecule has 6 nitrogen and oxygen atoms in total. The third kappa shape index (κ3) is 5.81. The van der Waals surface area contributed by atoms with Gasteiger partial charge in [0.2, 0.25) is 0 Å². The number of nitrogens with zero attached hydrogens (tertiary/aromatic N) is 6. The second kappa shape index (κ2) is 16.4. The highest BCUT2D eigenvalue weighted by molar-refractivity contribution is 7.26. The van der Waals surface area contributed by atoms with Crippen molar-refractivity contribution < 1.29 is 32.9 Å². The minimum atomic E-state index is -0.983. The summed E-state index contributed by atoms with van der Waals surface area (Å²) in [5, 5.41) is 27.1. The predicted octanol–water partition coefficient (Wildman–Crippen LogP) is 19.0. The van der Waals surface area contributed by atoms with Gasteiger partial charge in [-0.15, -0.1) is 11.3 Å². The van der Waals surface area contributed by atoms with Gasteiger partial charge in [-0.2, -0.15) is 10.5 Å². The molecule has 0 fully saturated rings. The van der Waals surface area contributed by atoms with Crippen LogP contribution in [0.5, 0.6) is 0 Å². The number of fused-ring (bicyclic) bond motifs is 17. The maximum atomic E-state index is 13.3. The molecule has 17 rings (SSSR count). The smallest absolute Gasteiger partial charge is 0.104 e. The van der Waals surface area contributed by atoms with E-state index in [1.165, 1.54) is 11.3 Å². The van der Waals surface area contributed by atoms with Gasteiger partial charge in [-0.3, -0.25) is 0 Å². The predicted molar refractivity (Wildman–Crippen MR) is 329 cm³/mol. The van der Waals surface area contributed by atoms with E-state index in [0.717, 1.165) is 34.6 Å². The third-order valence-corrected chi connectivity index (χ3v) is 16.2. The Morgan fingerprint density at radius 1 is 0.329 bits per heavy atom. The van der Waals surface area contributed by atoms with Crippen LogP contribution in [-0.4, -0.2) is 18.3 Å². The van der Waals surface area contributed by atoms with E-state index in [9.17, 15) is 37.9 Å². The van der Waals surface area contributed by atoms with Crippen molar-refractivity contribution >= 4 is 130 Å². The Labute approximate surface area is 489 Å². The number of thiophene rings is 1. The van der Waals surface area contributed by atoms with Gasteiger partial charge in [0.1, 0.15) is 23.3 Å². The van der Waals surface area contributed by atoms with Crippen molar-refractivity contribution in [3.8, 4) is 46.0 Å². The lowest BCUT2D eigenvalue weighted by Gasteiger charge is -2.27. The van der Waals surface area contributed by atoms with Crippen molar-refractivity contribution in [2.24, 2.45) is 0 Å². The number of benzene rings is 12. The molecule has 0 spiro atoms. The fourth-order valence-electron chi connectivity index (χ4n) is 12.0. The van der Waals surface area contributed by atoms with E-state index in [-0.39, 0.29) is 11.0 Å². The van der Waals surface area contributed by atoms with Gasteiger partial charge < -0.3 is 18.3 Å². The van der Waals surface area contributed by atoms with E-state index >= 15 is 0 Å². The minimum Gasteiger partial charge on any atom is -0.306 e. The van der Waals surface area contributed by atoms with Crippen LogP contribution in [-0.2, 0) is 0 Å². The van der Waals surface area contributed by atoms with Gasteiger partial charge in [-0.25, -0.2) is 0 Å². The fourth-order valence-corrected chi connectivity index (χ4v) is 13.2.